The lowest BCUT2D eigenvalue weighted by Gasteiger charge is -2.41. The maximum atomic E-state index is 12.8. The maximum Gasteiger partial charge on any atom is 0.223 e. The van der Waals surface area contributed by atoms with Crippen molar-refractivity contribution in [1.29, 1.82) is 0 Å². The van der Waals surface area contributed by atoms with Crippen LogP contribution in [-0.4, -0.2) is 54.0 Å². The molecule has 2 saturated heterocycles. The monoisotopic (exact) mass is 411 g/mol. The number of likely N-dealkylation sites (tertiary alicyclic amines) is 2. The van der Waals surface area contributed by atoms with Crippen LogP contribution in [-0.2, 0) is 11.3 Å². The van der Waals surface area contributed by atoms with Crippen LogP contribution in [0.25, 0.3) is 0 Å². The quantitative estimate of drug-likeness (QED) is 0.724. The van der Waals surface area contributed by atoms with Crippen LogP contribution >= 0.6 is 0 Å². The molecule has 3 aliphatic rings. The number of carbonyl (C=O) groups excluding carboxylic acids is 1. The van der Waals surface area contributed by atoms with Crippen LogP contribution in [0.3, 0.4) is 0 Å². The zero-order valence-electron chi connectivity index (χ0n) is 19.0. The zero-order chi connectivity index (χ0) is 20.8. The lowest BCUT2D eigenvalue weighted by atomic mass is 9.92. The van der Waals surface area contributed by atoms with Crippen molar-refractivity contribution in [3.8, 4) is 0 Å². The van der Waals surface area contributed by atoms with Gasteiger partial charge < -0.3 is 10.2 Å². The molecule has 0 aromatic heterocycles. The van der Waals surface area contributed by atoms with Gasteiger partial charge in [-0.05, 0) is 82.8 Å². The van der Waals surface area contributed by atoms with Crippen LogP contribution in [0.15, 0.2) is 24.3 Å². The molecule has 0 unspecified atom stereocenters. The average Bonchev–Trinajstić information content (AvgIpc) is 3.05. The van der Waals surface area contributed by atoms with Crippen LogP contribution in [0.4, 0.5) is 0 Å². The van der Waals surface area contributed by atoms with Gasteiger partial charge in [-0.15, -0.1) is 0 Å². The van der Waals surface area contributed by atoms with Crippen molar-refractivity contribution >= 4 is 5.91 Å². The van der Waals surface area contributed by atoms with Gasteiger partial charge in [0, 0.05) is 24.5 Å². The molecule has 0 bridgehead atoms. The summed E-state index contributed by atoms with van der Waals surface area (Å²) in [5, 5.41) is 3.39. The van der Waals surface area contributed by atoms with E-state index in [1.165, 1.54) is 75.6 Å². The highest BCUT2D eigenvalue weighted by atomic mass is 16.1. The van der Waals surface area contributed by atoms with Gasteiger partial charge in [0.15, 0.2) is 0 Å². The van der Waals surface area contributed by atoms with Crippen molar-refractivity contribution in [3.05, 3.63) is 35.4 Å². The van der Waals surface area contributed by atoms with Gasteiger partial charge in [-0.2, -0.15) is 0 Å². The van der Waals surface area contributed by atoms with Crippen molar-refractivity contribution < 1.29 is 4.79 Å². The number of piperidine rings is 2. The highest BCUT2D eigenvalue weighted by molar-refractivity contribution is 5.79. The molecule has 4 nitrogen and oxygen atoms in total. The summed E-state index contributed by atoms with van der Waals surface area (Å²) in [7, 11) is 0. The number of nitrogens with one attached hydrogen (secondary N) is 1. The van der Waals surface area contributed by atoms with Crippen molar-refractivity contribution in [2.75, 3.05) is 26.2 Å². The molecular weight excluding hydrogens is 370 g/mol. The fourth-order valence-corrected chi connectivity index (χ4v) is 5.74. The number of aryl methyl sites for hydroxylation is 1. The Bertz CT molecular complexity index is 667. The minimum atomic E-state index is 0.241. The van der Waals surface area contributed by atoms with Gasteiger partial charge in [0.25, 0.3) is 0 Å². The van der Waals surface area contributed by atoms with Crippen LogP contribution in [0, 0.1) is 12.8 Å². The predicted molar refractivity (Wildman–Crippen MR) is 123 cm³/mol. The molecule has 0 spiro atoms. The second-order valence-corrected chi connectivity index (χ2v) is 9.94. The maximum absolute atomic E-state index is 12.8. The fourth-order valence-electron chi connectivity index (χ4n) is 5.74. The molecule has 0 radical (unpaired) electrons. The first-order valence-electron chi connectivity index (χ1n) is 12.5. The predicted octanol–water partition coefficient (Wildman–Crippen LogP) is 4.51. The summed E-state index contributed by atoms with van der Waals surface area (Å²) in [6.45, 7) is 7.90. The van der Waals surface area contributed by atoms with Crippen LogP contribution in [0.2, 0.25) is 0 Å². The summed E-state index contributed by atoms with van der Waals surface area (Å²) in [4.78, 5) is 18.1. The van der Waals surface area contributed by atoms with Gasteiger partial charge in [0.2, 0.25) is 5.91 Å². The Balaban J connectivity index is 1.18. The van der Waals surface area contributed by atoms with Crippen molar-refractivity contribution in [2.24, 2.45) is 5.92 Å². The van der Waals surface area contributed by atoms with E-state index in [0.29, 0.717) is 18.0 Å². The Labute approximate surface area is 183 Å². The van der Waals surface area contributed by atoms with E-state index in [0.717, 1.165) is 32.5 Å². The fraction of sp³-hybridized carbons (Fsp3) is 0.731. The summed E-state index contributed by atoms with van der Waals surface area (Å²) in [5.74, 6) is 0.584. The molecule has 4 heteroatoms. The molecule has 1 aromatic rings. The van der Waals surface area contributed by atoms with Crippen LogP contribution in [0.1, 0.15) is 75.3 Å². The van der Waals surface area contributed by atoms with E-state index in [4.69, 9.17) is 0 Å². The van der Waals surface area contributed by atoms with Crippen molar-refractivity contribution in [1.82, 2.24) is 15.1 Å². The molecule has 4 rings (SSSR count). The zero-order valence-corrected chi connectivity index (χ0v) is 19.0. The smallest absolute Gasteiger partial charge is 0.223 e. The third-order valence-electron chi connectivity index (χ3n) is 7.83. The van der Waals surface area contributed by atoms with E-state index < -0.39 is 0 Å². The minimum absolute atomic E-state index is 0.241. The molecule has 1 amide bonds. The van der Waals surface area contributed by atoms with Gasteiger partial charge in [-0.1, -0.05) is 49.9 Å². The van der Waals surface area contributed by atoms with Crippen molar-refractivity contribution in [2.45, 2.75) is 89.8 Å². The van der Waals surface area contributed by atoms with E-state index in [2.05, 4.69) is 46.3 Å². The number of rotatable bonds is 5. The first-order chi connectivity index (χ1) is 14.7. The molecule has 2 heterocycles. The van der Waals surface area contributed by atoms with Crippen molar-refractivity contribution in [3.63, 3.8) is 0 Å². The van der Waals surface area contributed by atoms with E-state index >= 15 is 0 Å². The third kappa shape index (κ3) is 5.85. The first-order valence-corrected chi connectivity index (χ1v) is 12.5. The van der Waals surface area contributed by atoms with Gasteiger partial charge in [0.1, 0.15) is 0 Å². The molecule has 0 atom stereocenters. The number of hydrogen-bond acceptors (Lipinski definition) is 3. The number of carbonyl (C=O) groups is 1. The van der Waals surface area contributed by atoms with Crippen LogP contribution < -0.4 is 5.32 Å². The highest BCUT2D eigenvalue weighted by Gasteiger charge is 2.31. The Hall–Kier alpha value is -1.39. The SMILES string of the molecule is Cc1ccccc1CN1CCC(N2CCC(C(=O)NC3CCCCCC3)CC2)CC1. The average molecular weight is 412 g/mol. The largest absolute Gasteiger partial charge is 0.353 e. The van der Waals surface area contributed by atoms with Gasteiger partial charge >= 0.3 is 0 Å². The Morgan fingerprint density at radius 3 is 2.23 bits per heavy atom. The third-order valence-corrected chi connectivity index (χ3v) is 7.83. The molecule has 1 N–H and O–H groups in total. The summed E-state index contributed by atoms with van der Waals surface area (Å²) in [6, 6.07) is 9.93. The summed E-state index contributed by atoms with van der Waals surface area (Å²) in [6.07, 6.45) is 12.2. The molecule has 1 saturated carbocycles. The number of nitrogens with zero attached hydrogens (tertiary/aromatic N) is 2. The van der Waals surface area contributed by atoms with E-state index in [1.54, 1.807) is 0 Å². The summed E-state index contributed by atoms with van der Waals surface area (Å²) >= 11 is 0. The summed E-state index contributed by atoms with van der Waals surface area (Å²) < 4.78 is 0. The van der Waals surface area contributed by atoms with Crippen LogP contribution in [0.5, 0.6) is 0 Å². The topological polar surface area (TPSA) is 35.6 Å². The van der Waals surface area contributed by atoms with Gasteiger partial charge in [-0.3, -0.25) is 9.69 Å². The Kier molecular flexibility index (Phi) is 7.83. The molecule has 1 aliphatic carbocycles. The second-order valence-electron chi connectivity index (χ2n) is 9.94. The summed E-state index contributed by atoms with van der Waals surface area (Å²) in [5.41, 5.74) is 2.88. The standard InChI is InChI=1S/C26H41N3O/c1-21-8-6-7-9-23(21)20-28-16-14-25(15-17-28)29-18-12-22(13-19-29)26(30)27-24-10-4-2-3-5-11-24/h6-9,22,24-25H,2-5,10-20H2,1H3,(H,27,30). The molecule has 1 aromatic carbocycles. The first kappa shape index (κ1) is 21.8. The Morgan fingerprint density at radius 2 is 1.57 bits per heavy atom. The van der Waals surface area contributed by atoms with Gasteiger partial charge in [-0.25, -0.2) is 0 Å². The lowest BCUT2D eigenvalue weighted by molar-refractivity contribution is -0.127. The van der Waals surface area contributed by atoms with Gasteiger partial charge in [0.05, 0.1) is 0 Å². The Morgan fingerprint density at radius 1 is 0.900 bits per heavy atom. The lowest BCUT2D eigenvalue weighted by Crippen LogP contribution is -2.49. The normalized spacial score (nSPS) is 23.9. The van der Waals surface area contributed by atoms with E-state index in [-0.39, 0.29) is 5.92 Å². The molecule has 166 valence electrons. The van der Waals surface area contributed by atoms with E-state index in [9.17, 15) is 4.79 Å². The second kappa shape index (κ2) is 10.8. The molecule has 30 heavy (non-hydrogen) atoms. The highest BCUT2D eigenvalue weighted by Crippen LogP contribution is 2.26. The minimum Gasteiger partial charge on any atom is -0.353 e. The number of amides is 1. The molecular formula is C26H41N3O. The number of benzene rings is 1. The van der Waals surface area contributed by atoms with E-state index in [1.807, 2.05) is 0 Å². The molecule has 2 aliphatic heterocycles. The molecule has 3 fully saturated rings. The number of hydrogen-bond donors (Lipinski definition) is 1.